The van der Waals surface area contributed by atoms with Crippen LogP contribution in [0.5, 0.6) is 5.75 Å². The summed E-state index contributed by atoms with van der Waals surface area (Å²) >= 11 is 0. The summed E-state index contributed by atoms with van der Waals surface area (Å²) in [5.74, 6) is 0.779. The third-order valence-corrected chi connectivity index (χ3v) is 4.17. The summed E-state index contributed by atoms with van der Waals surface area (Å²) in [5, 5.41) is 0. The molecule has 0 aliphatic rings. The first-order chi connectivity index (χ1) is 11.5. The van der Waals surface area contributed by atoms with Crippen molar-refractivity contribution in [3.05, 3.63) is 64.7 Å². The van der Waals surface area contributed by atoms with Gasteiger partial charge in [-0.3, -0.25) is 9.69 Å². The summed E-state index contributed by atoms with van der Waals surface area (Å²) in [6.45, 7) is 10.8. The van der Waals surface area contributed by atoms with Crippen molar-refractivity contribution in [3.8, 4) is 5.75 Å². The van der Waals surface area contributed by atoms with E-state index in [0.717, 1.165) is 24.2 Å². The highest BCUT2D eigenvalue weighted by Crippen LogP contribution is 2.22. The van der Waals surface area contributed by atoms with E-state index in [0.29, 0.717) is 24.5 Å². The Kier molecular flexibility index (Phi) is 6.56. The highest BCUT2D eigenvalue weighted by Gasteiger charge is 2.15. The maximum atomic E-state index is 12.7. The topological polar surface area (TPSA) is 29.5 Å². The van der Waals surface area contributed by atoms with Crippen LogP contribution in [-0.2, 0) is 6.61 Å². The van der Waals surface area contributed by atoms with E-state index in [4.69, 9.17) is 4.74 Å². The lowest BCUT2D eigenvalue weighted by atomic mass is 10.1. The Hall–Kier alpha value is -2.13. The van der Waals surface area contributed by atoms with Crippen molar-refractivity contribution in [2.75, 3.05) is 19.6 Å². The number of aryl methyl sites for hydroxylation is 2. The minimum atomic E-state index is 0.113. The van der Waals surface area contributed by atoms with Crippen LogP contribution < -0.4 is 4.74 Å². The standard InChI is InChI=1S/C21H27NO2/c1-5-22(6-2)14-20(23)19-13-17(4)10-11-21(19)24-15-18-9-7-8-16(3)12-18/h7-13H,5-6,14-15H2,1-4H3. The lowest BCUT2D eigenvalue weighted by Crippen LogP contribution is -2.29. The molecule has 2 aromatic carbocycles. The zero-order valence-corrected chi connectivity index (χ0v) is 15.1. The first kappa shape index (κ1) is 18.2. The number of carbonyl (C=O) groups is 1. The van der Waals surface area contributed by atoms with E-state index >= 15 is 0 Å². The molecule has 0 atom stereocenters. The molecule has 0 aromatic heterocycles. The van der Waals surface area contributed by atoms with Gasteiger partial charge in [0.05, 0.1) is 12.1 Å². The Bertz CT molecular complexity index is 690. The summed E-state index contributed by atoms with van der Waals surface area (Å²) < 4.78 is 5.96. The lowest BCUT2D eigenvalue weighted by molar-refractivity contribution is 0.0933. The molecule has 0 saturated carbocycles. The zero-order valence-electron chi connectivity index (χ0n) is 15.1. The van der Waals surface area contributed by atoms with E-state index in [1.807, 2.05) is 37.3 Å². The van der Waals surface area contributed by atoms with Crippen LogP contribution in [0.25, 0.3) is 0 Å². The van der Waals surface area contributed by atoms with Crippen molar-refractivity contribution >= 4 is 5.78 Å². The largest absolute Gasteiger partial charge is 0.488 e. The molecule has 0 heterocycles. The van der Waals surface area contributed by atoms with Crippen molar-refractivity contribution in [2.45, 2.75) is 34.3 Å². The molecule has 0 fully saturated rings. The van der Waals surface area contributed by atoms with Crippen LogP contribution in [0.1, 0.15) is 40.9 Å². The predicted octanol–water partition coefficient (Wildman–Crippen LogP) is 4.41. The Morgan fingerprint density at radius 1 is 1.00 bits per heavy atom. The summed E-state index contributed by atoms with van der Waals surface area (Å²) in [7, 11) is 0. The molecule has 0 bridgehead atoms. The number of nitrogens with zero attached hydrogens (tertiary/aromatic N) is 1. The normalized spacial score (nSPS) is 10.9. The number of Topliss-reactive ketones (excluding diaryl/α,β-unsaturated/α-hetero) is 1. The fourth-order valence-corrected chi connectivity index (χ4v) is 2.69. The van der Waals surface area contributed by atoms with Gasteiger partial charge in [-0.1, -0.05) is 55.3 Å². The Labute approximate surface area is 145 Å². The quantitative estimate of drug-likeness (QED) is 0.673. The first-order valence-electron chi connectivity index (χ1n) is 8.58. The van der Waals surface area contributed by atoms with E-state index < -0.39 is 0 Å². The number of rotatable bonds is 8. The Balaban J connectivity index is 2.16. The van der Waals surface area contributed by atoms with Gasteiger partial charge in [0.15, 0.2) is 5.78 Å². The van der Waals surface area contributed by atoms with Gasteiger partial charge in [-0.05, 0) is 44.6 Å². The van der Waals surface area contributed by atoms with Crippen molar-refractivity contribution in [1.29, 1.82) is 0 Å². The Morgan fingerprint density at radius 3 is 2.38 bits per heavy atom. The van der Waals surface area contributed by atoms with Gasteiger partial charge in [0.25, 0.3) is 0 Å². The van der Waals surface area contributed by atoms with Crippen LogP contribution in [-0.4, -0.2) is 30.3 Å². The number of ether oxygens (including phenoxy) is 1. The molecule has 128 valence electrons. The predicted molar refractivity (Wildman–Crippen MR) is 98.8 cm³/mol. The average molecular weight is 325 g/mol. The highest BCUT2D eigenvalue weighted by atomic mass is 16.5. The molecular formula is C21H27NO2. The molecule has 2 rings (SSSR count). The summed E-state index contributed by atoms with van der Waals surface area (Å²) in [4.78, 5) is 14.8. The molecule has 0 spiro atoms. The van der Waals surface area contributed by atoms with E-state index in [-0.39, 0.29) is 5.78 Å². The van der Waals surface area contributed by atoms with Crippen molar-refractivity contribution in [2.24, 2.45) is 0 Å². The second-order valence-electron chi connectivity index (χ2n) is 6.16. The van der Waals surface area contributed by atoms with E-state index in [9.17, 15) is 4.79 Å². The molecule has 0 aliphatic heterocycles. The number of ketones is 1. The number of carbonyl (C=O) groups excluding carboxylic acids is 1. The average Bonchev–Trinajstić information content (AvgIpc) is 2.58. The molecule has 3 nitrogen and oxygen atoms in total. The lowest BCUT2D eigenvalue weighted by Gasteiger charge is -2.18. The van der Waals surface area contributed by atoms with Crippen LogP contribution in [0.2, 0.25) is 0 Å². The molecule has 3 heteroatoms. The van der Waals surface area contributed by atoms with Gasteiger partial charge in [0.1, 0.15) is 12.4 Å². The second-order valence-corrected chi connectivity index (χ2v) is 6.16. The maximum absolute atomic E-state index is 12.7. The molecule has 0 saturated heterocycles. The van der Waals surface area contributed by atoms with Crippen molar-refractivity contribution in [3.63, 3.8) is 0 Å². The minimum absolute atomic E-state index is 0.113. The van der Waals surface area contributed by atoms with E-state index in [1.54, 1.807) is 0 Å². The molecule has 0 unspecified atom stereocenters. The van der Waals surface area contributed by atoms with Crippen LogP contribution >= 0.6 is 0 Å². The fourth-order valence-electron chi connectivity index (χ4n) is 2.69. The third kappa shape index (κ3) is 4.93. The number of hydrogen-bond acceptors (Lipinski definition) is 3. The molecular weight excluding hydrogens is 298 g/mol. The summed E-state index contributed by atoms with van der Waals surface area (Å²) in [6, 6.07) is 14.0. The number of benzene rings is 2. The SMILES string of the molecule is CCN(CC)CC(=O)c1cc(C)ccc1OCc1cccc(C)c1. The minimum Gasteiger partial charge on any atom is -0.488 e. The molecule has 2 aromatic rings. The maximum Gasteiger partial charge on any atom is 0.180 e. The molecule has 0 aliphatic carbocycles. The van der Waals surface area contributed by atoms with Gasteiger partial charge in [0.2, 0.25) is 0 Å². The fraction of sp³-hybridized carbons (Fsp3) is 0.381. The molecule has 0 radical (unpaired) electrons. The van der Waals surface area contributed by atoms with Gasteiger partial charge >= 0.3 is 0 Å². The smallest absolute Gasteiger partial charge is 0.180 e. The summed E-state index contributed by atoms with van der Waals surface area (Å²) in [6.07, 6.45) is 0. The van der Waals surface area contributed by atoms with Crippen LogP contribution in [0.3, 0.4) is 0 Å². The van der Waals surface area contributed by atoms with Crippen LogP contribution in [0.15, 0.2) is 42.5 Å². The number of hydrogen-bond donors (Lipinski definition) is 0. The van der Waals surface area contributed by atoms with Gasteiger partial charge in [0, 0.05) is 0 Å². The van der Waals surface area contributed by atoms with Gasteiger partial charge in [-0.25, -0.2) is 0 Å². The van der Waals surface area contributed by atoms with Gasteiger partial charge in [-0.15, -0.1) is 0 Å². The molecule has 0 N–H and O–H groups in total. The Morgan fingerprint density at radius 2 is 1.71 bits per heavy atom. The molecule has 0 amide bonds. The van der Waals surface area contributed by atoms with Gasteiger partial charge in [-0.2, -0.15) is 0 Å². The van der Waals surface area contributed by atoms with Crippen LogP contribution in [0.4, 0.5) is 0 Å². The summed E-state index contributed by atoms with van der Waals surface area (Å²) in [5.41, 5.74) is 4.06. The highest BCUT2D eigenvalue weighted by molar-refractivity contribution is 6.00. The number of likely N-dealkylation sites (N-methyl/N-ethyl adjacent to an activating group) is 1. The van der Waals surface area contributed by atoms with E-state index in [2.05, 4.69) is 37.8 Å². The first-order valence-corrected chi connectivity index (χ1v) is 8.58. The van der Waals surface area contributed by atoms with Gasteiger partial charge < -0.3 is 4.74 Å². The zero-order chi connectivity index (χ0) is 17.5. The molecule has 24 heavy (non-hydrogen) atoms. The second kappa shape index (κ2) is 8.65. The monoisotopic (exact) mass is 325 g/mol. The third-order valence-electron chi connectivity index (χ3n) is 4.17. The van der Waals surface area contributed by atoms with Crippen molar-refractivity contribution in [1.82, 2.24) is 4.90 Å². The van der Waals surface area contributed by atoms with Crippen molar-refractivity contribution < 1.29 is 9.53 Å². The van der Waals surface area contributed by atoms with Crippen LogP contribution in [0, 0.1) is 13.8 Å². The van der Waals surface area contributed by atoms with E-state index in [1.165, 1.54) is 5.56 Å².